The number of benzene rings is 3. The van der Waals surface area contributed by atoms with E-state index >= 15 is 0 Å². The van der Waals surface area contributed by atoms with Crippen LogP contribution in [-0.4, -0.2) is 40.7 Å². The number of halogens is 1. The maximum atomic E-state index is 13.2. The molecule has 3 aromatic carbocycles. The summed E-state index contributed by atoms with van der Waals surface area (Å²) in [5.74, 6) is -0.875. The molecule has 1 atom stereocenters. The standard InChI is InChI=1S/C29H28FN3O3/c30-23-13-10-19(11-14-23)22-17-33(18-22)29(36)21-12-15-24-26(16-21)31-25(8-4-5-9-27(34)35)28(32-24)20-6-2-1-3-7-20/h1-3,6-7,10-16,22,28,32H,4-5,8-9,17-18H2,(H,34,35). The maximum absolute atomic E-state index is 13.2. The minimum atomic E-state index is -0.792. The molecule has 1 fully saturated rings. The van der Waals surface area contributed by atoms with Gasteiger partial charge in [-0.05, 0) is 60.7 Å². The number of likely N-dealkylation sites (tertiary alicyclic amines) is 1. The zero-order valence-corrected chi connectivity index (χ0v) is 19.9. The molecule has 0 aromatic heterocycles. The third-order valence-electron chi connectivity index (χ3n) is 6.86. The van der Waals surface area contributed by atoms with Crippen LogP contribution in [0.3, 0.4) is 0 Å². The summed E-state index contributed by atoms with van der Waals surface area (Å²) in [7, 11) is 0. The number of anilines is 1. The van der Waals surface area contributed by atoms with Crippen molar-refractivity contribution < 1.29 is 19.1 Å². The molecular weight excluding hydrogens is 457 g/mol. The predicted molar refractivity (Wildman–Crippen MR) is 137 cm³/mol. The van der Waals surface area contributed by atoms with E-state index < -0.39 is 5.97 Å². The van der Waals surface area contributed by atoms with E-state index in [1.165, 1.54) is 12.1 Å². The van der Waals surface area contributed by atoms with Crippen LogP contribution in [0.15, 0.2) is 77.8 Å². The minimum absolute atomic E-state index is 0.0421. The van der Waals surface area contributed by atoms with Crippen molar-refractivity contribution in [2.24, 2.45) is 4.99 Å². The van der Waals surface area contributed by atoms with Gasteiger partial charge in [0, 0.05) is 36.7 Å². The highest BCUT2D eigenvalue weighted by atomic mass is 19.1. The van der Waals surface area contributed by atoms with Gasteiger partial charge in [0.2, 0.25) is 0 Å². The van der Waals surface area contributed by atoms with E-state index in [4.69, 9.17) is 10.1 Å². The average Bonchev–Trinajstić information content (AvgIpc) is 2.86. The zero-order valence-electron chi connectivity index (χ0n) is 19.9. The molecule has 184 valence electrons. The van der Waals surface area contributed by atoms with Crippen LogP contribution in [0.5, 0.6) is 0 Å². The first-order valence-corrected chi connectivity index (χ1v) is 12.3. The van der Waals surface area contributed by atoms with Gasteiger partial charge in [-0.25, -0.2) is 4.39 Å². The van der Waals surface area contributed by atoms with Gasteiger partial charge in [-0.1, -0.05) is 42.5 Å². The Kier molecular flexibility index (Phi) is 6.80. The minimum Gasteiger partial charge on any atom is -0.481 e. The number of unbranched alkanes of at least 4 members (excludes halogenated alkanes) is 1. The lowest BCUT2D eigenvalue weighted by Gasteiger charge is -2.39. The third-order valence-corrected chi connectivity index (χ3v) is 6.86. The number of nitrogens with zero attached hydrogens (tertiary/aromatic N) is 2. The van der Waals surface area contributed by atoms with Crippen LogP contribution in [0.4, 0.5) is 15.8 Å². The lowest BCUT2D eigenvalue weighted by Crippen LogP contribution is -2.48. The number of carbonyl (C=O) groups is 2. The van der Waals surface area contributed by atoms with Gasteiger partial charge in [-0.2, -0.15) is 0 Å². The number of aliphatic imine (C=N–C) groups is 1. The van der Waals surface area contributed by atoms with Gasteiger partial charge in [-0.15, -0.1) is 0 Å². The second-order valence-corrected chi connectivity index (χ2v) is 9.38. The monoisotopic (exact) mass is 485 g/mol. The molecule has 0 spiro atoms. The van der Waals surface area contributed by atoms with Crippen LogP contribution >= 0.6 is 0 Å². The molecule has 0 saturated carbocycles. The molecule has 5 rings (SSSR count). The summed E-state index contributed by atoms with van der Waals surface area (Å²) >= 11 is 0. The number of hydrogen-bond acceptors (Lipinski definition) is 4. The fourth-order valence-electron chi connectivity index (χ4n) is 4.81. The topological polar surface area (TPSA) is 82.0 Å². The highest BCUT2D eigenvalue weighted by Gasteiger charge is 2.33. The van der Waals surface area contributed by atoms with Gasteiger partial charge in [0.05, 0.1) is 17.4 Å². The normalized spacial score (nSPS) is 17.0. The summed E-state index contributed by atoms with van der Waals surface area (Å²) in [5, 5.41) is 12.5. The summed E-state index contributed by atoms with van der Waals surface area (Å²) < 4.78 is 13.2. The summed E-state index contributed by atoms with van der Waals surface area (Å²) in [4.78, 5) is 30.8. The first kappa shape index (κ1) is 23.7. The Morgan fingerprint density at radius 1 is 0.972 bits per heavy atom. The smallest absolute Gasteiger partial charge is 0.303 e. The second-order valence-electron chi connectivity index (χ2n) is 9.38. The molecule has 2 aliphatic heterocycles. The van der Waals surface area contributed by atoms with Crippen LogP contribution < -0.4 is 5.32 Å². The van der Waals surface area contributed by atoms with E-state index in [1.807, 2.05) is 36.4 Å². The van der Waals surface area contributed by atoms with Gasteiger partial charge in [0.1, 0.15) is 5.82 Å². The van der Waals surface area contributed by atoms with Crippen LogP contribution in [0.1, 0.15) is 59.1 Å². The van der Waals surface area contributed by atoms with Gasteiger partial charge >= 0.3 is 5.97 Å². The van der Waals surface area contributed by atoms with E-state index in [0.717, 1.165) is 34.6 Å². The Bertz CT molecular complexity index is 1280. The first-order valence-electron chi connectivity index (χ1n) is 12.3. The highest BCUT2D eigenvalue weighted by molar-refractivity contribution is 6.01. The number of hydrogen-bond donors (Lipinski definition) is 2. The van der Waals surface area contributed by atoms with E-state index in [0.29, 0.717) is 31.5 Å². The predicted octanol–water partition coefficient (Wildman–Crippen LogP) is 5.95. The van der Waals surface area contributed by atoms with Crippen LogP contribution in [-0.2, 0) is 4.79 Å². The number of aliphatic carboxylic acids is 1. The average molecular weight is 486 g/mol. The van der Waals surface area contributed by atoms with Gasteiger partial charge < -0.3 is 15.3 Å². The number of fused-ring (bicyclic) bond motifs is 1. The highest BCUT2D eigenvalue weighted by Crippen LogP contribution is 2.38. The number of nitrogens with one attached hydrogen (secondary N) is 1. The largest absolute Gasteiger partial charge is 0.481 e. The summed E-state index contributed by atoms with van der Waals surface area (Å²) in [6.45, 7) is 1.21. The molecule has 7 heteroatoms. The number of amides is 1. The first-order chi connectivity index (χ1) is 17.5. The van der Waals surface area contributed by atoms with Crippen molar-refractivity contribution in [2.75, 3.05) is 18.4 Å². The third kappa shape index (κ3) is 5.15. The summed E-state index contributed by atoms with van der Waals surface area (Å²) in [6, 6.07) is 22.0. The molecule has 36 heavy (non-hydrogen) atoms. The van der Waals surface area contributed by atoms with Crippen LogP contribution in [0.2, 0.25) is 0 Å². The number of carbonyl (C=O) groups excluding carboxylic acids is 1. The van der Waals surface area contributed by atoms with E-state index in [-0.39, 0.29) is 30.1 Å². The van der Waals surface area contributed by atoms with Gasteiger partial charge in [-0.3, -0.25) is 14.6 Å². The molecular formula is C29H28FN3O3. The van der Waals surface area contributed by atoms with Crippen LogP contribution in [0, 0.1) is 5.82 Å². The maximum Gasteiger partial charge on any atom is 0.303 e. The van der Waals surface area contributed by atoms with Gasteiger partial charge in [0.25, 0.3) is 5.91 Å². The number of carboxylic acids is 1. The van der Waals surface area contributed by atoms with Gasteiger partial charge in [0.15, 0.2) is 0 Å². The molecule has 1 unspecified atom stereocenters. The molecule has 1 saturated heterocycles. The molecule has 3 aromatic rings. The van der Waals surface area contributed by atoms with Crippen molar-refractivity contribution >= 4 is 29.0 Å². The Balaban J connectivity index is 1.32. The molecule has 2 aliphatic rings. The fourth-order valence-corrected chi connectivity index (χ4v) is 4.81. The molecule has 2 N–H and O–H groups in total. The Labute approximate surface area is 209 Å². The van der Waals surface area contributed by atoms with E-state index in [1.54, 1.807) is 17.0 Å². The Morgan fingerprint density at radius 3 is 2.44 bits per heavy atom. The molecule has 0 radical (unpaired) electrons. The fraction of sp³-hybridized carbons (Fsp3) is 0.276. The molecule has 2 heterocycles. The number of rotatable bonds is 8. The second kappa shape index (κ2) is 10.3. The Hall–Kier alpha value is -4.00. The lowest BCUT2D eigenvalue weighted by atomic mass is 9.90. The number of carboxylic acid groups (broad SMARTS) is 1. The Morgan fingerprint density at radius 2 is 1.72 bits per heavy atom. The summed E-state index contributed by atoms with van der Waals surface area (Å²) in [5.41, 5.74) is 5.23. The lowest BCUT2D eigenvalue weighted by molar-refractivity contribution is -0.137. The molecule has 0 aliphatic carbocycles. The molecule has 6 nitrogen and oxygen atoms in total. The van der Waals surface area contributed by atoms with Crippen molar-refractivity contribution in [1.82, 2.24) is 4.90 Å². The van der Waals surface area contributed by atoms with E-state index in [2.05, 4.69) is 17.4 Å². The van der Waals surface area contributed by atoms with Crippen molar-refractivity contribution in [3.8, 4) is 0 Å². The van der Waals surface area contributed by atoms with Crippen molar-refractivity contribution in [1.29, 1.82) is 0 Å². The molecule has 1 amide bonds. The van der Waals surface area contributed by atoms with Crippen molar-refractivity contribution in [3.05, 3.63) is 95.3 Å². The summed E-state index contributed by atoms with van der Waals surface area (Å²) in [6.07, 6.45) is 2.12. The van der Waals surface area contributed by atoms with Crippen molar-refractivity contribution in [2.45, 2.75) is 37.6 Å². The SMILES string of the molecule is O=C(O)CCCCC1=Nc2cc(C(=O)N3CC(c4ccc(F)cc4)C3)ccc2NC1c1ccccc1. The van der Waals surface area contributed by atoms with Crippen LogP contribution in [0.25, 0.3) is 0 Å². The quantitative estimate of drug-likeness (QED) is 0.386. The van der Waals surface area contributed by atoms with E-state index in [9.17, 15) is 14.0 Å². The van der Waals surface area contributed by atoms with Crippen molar-refractivity contribution in [3.63, 3.8) is 0 Å². The molecule has 0 bridgehead atoms. The zero-order chi connectivity index (χ0) is 25.1.